The van der Waals surface area contributed by atoms with E-state index < -0.39 is 4.92 Å². The molecule has 1 aliphatic rings. The van der Waals surface area contributed by atoms with Gasteiger partial charge in [-0.3, -0.25) is 10.1 Å². The number of rotatable bonds is 4. The number of morpholine rings is 1. The fraction of sp³-hybridized carbons (Fsp3) is 0.333. The van der Waals surface area contributed by atoms with E-state index >= 15 is 0 Å². The van der Waals surface area contributed by atoms with E-state index in [4.69, 9.17) is 4.74 Å². The molecule has 1 saturated heterocycles. The molecule has 1 unspecified atom stereocenters. The maximum atomic E-state index is 13.5. The van der Waals surface area contributed by atoms with Crippen molar-refractivity contribution in [3.63, 3.8) is 0 Å². The van der Waals surface area contributed by atoms with Crippen LogP contribution in [0.25, 0.3) is 0 Å². The second-order valence-electron chi connectivity index (χ2n) is 6.05. The Morgan fingerprint density at radius 1 is 1.36 bits per heavy atom. The molecule has 1 aliphatic heterocycles. The molecule has 0 spiro atoms. The van der Waals surface area contributed by atoms with Crippen molar-refractivity contribution in [2.45, 2.75) is 19.6 Å². The highest BCUT2D eigenvalue weighted by Gasteiger charge is 2.27. The first-order valence-corrected chi connectivity index (χ1v) is 8.00. The van der Waals surface area contributed by atoms with Gasteiger partial charge in [-0.15, -0.1) is 0 Å². The zero-order valence-corrected chi connectivity index (χ0v) is 13.8. The fourth-order valence-electron chi connectivity index (χ4n) is 3.01. The zero-order valence-electron chi connectivity index (χ0n) is 13.8. The number of halogens is 1. The van der Waals surface area contributed by atoms with E-state index in [1.165, 1.54) is 12.1 Å². The summed E-state index contributed by atoms with van der Waals surface area (Å²) in [6.07, 6.45) is -0.301. The van der Waals surface area contributed by atoms with Crippen LogP contribution in [-0.4, -0.2) is 29.7 Å². The van der Waals surface area contributed by atoms with Gasteiger partial charge in [-0.1, -0.05) is 12.1 Å². The zero-order chi connectivity index (χ0) is 18.0. The second-order valence-corrected chi connectivity index (χ2v) is 6.05. The quantitative estimate of drug-likeness (QED) is 0.680. The van der Waals surface area contributed by atoms with Gasteiger partial charge in [0.2, 0.25) is 0 Å². The predicted molar refractivity (Wildman–Crippen MR) is 91.1 cm³/mol. The number of benzene rings is 2. The van der Waals surface area contributed by atoms with E-state index in [2.05, 4.69) is 0 Å². The number of ether oxygens (including phenoxy) is 1. The molecule has 3 rings (SSSR count). The topological polar surface area (TPSA) is 75.8 Å². The Bertz CT molecular complexity index is 797. The number of nitro benzene ring substituents is 1. The lowest BCUT2D eigenvalue weighted by Gasteiger charge is -2.34. The molecule has 1 heterocycles. The molecule has 0 amide bonds. The van der Waals surface area contributed by atoms with E-state index in [-0.39, 0.29) is 24.2 Å². The molecule has 1 fully saturated rings. The van der Waals surface area contributed by atoms with E-state index in [9.17, 15) is 19.6 Å². The molecular formula is C18H19FN2O4. The molecule has 2 aromatic rings. The van der Waals surface area contributed by atoms with Crippen molar-refractivity contribution in [2.24, 2.45) is 0 Å². The van der Waals surface area contributed by atoms with Crippen molar-refractivity contribution >= 4 is 11.4 Å². The number of anilines is 1. The van der Waals surface area contributed by atoms with Gasteiger partial charge in [0.05, 0.1) is 18.1 Å². The van der Waals surface area contributed by atoms with Crippen molar-refractivity contribution in [2.75, 3.05) is 24.6 Å². The number of nitro groups is 1. The van der Waals surface area contributed by atoms with Crippen LogP contribution in [0.2, 0.25) is 0 Å². The lowest BCUT2D eigenvalue weighted by Crippen LogP contribution is -2.38. The minimum absolute atomic E-state index is 0.00635. The average molecular weight is 346 g/mol. The summed E-state index contributed by atoms with van der Waals surface area (Å²) in [7, 11) is 0. The SMILES string of the molecule is Cc1cc(C2CN(c3cc(CO)ccc3[N+](=O)[O-])CCO2)ccc1F. The molecule has 132 valence electrons. The number of aliphatic hydroxyl groups is 1. The van der Waals surface area contributed by atoms with Crippen molar-refractivity contribution in [1.29, 1.82) is 0 Å². The molecule has 1 atom stereocenters. The van der Waals surface area contributed by atoms with Crippen LogP contribution in [0.3, 0.4) is 0 Å². The third-order valence-electron chi connectivity index (χ3n) is 4.38. The average Bonchev–Trinajstić information content (AvgIpc) is 2.63. The van der Waals surface area contributed by atoms with Gasteiger partial charge in [0.1, 0.15) is 17.6 Å². The van der Waals surface area contributed by atoms with E-state index in [1.54, 1.807) is 31.2 Å². The van der Waals surface area contributed by atoms with E-state index in [0.717, 1.165) is 5.56 Å². The molecule has 0 bridgehead atoms. The molecule has 6 nitrogen and oxygen atoms in total. The van der Waals surface area contributed by atoms with Crippen LogP contribution in [-0.2, 0) is 11.3 Å². The fourth-order valence-corrected chi connectivity index (χ4v) is 3.01. The minimum Gasteiger partial charge on any atom is -0.392 e. The van der Waals surface area contributed by atoms with Crippen LogP contribution >= 0.6 is 0 Å². The highest BCUT2D eigenvalue weighted by atomic mass is 19.1. The number of nitrogens with zero attached hydrogens (tertiary/aromatic N) is 2. The summed E-state index contributed by atoms with van der Waals surface area (Å²) < 4.78 is 19.3. The summed E-state index contributed by atoms with van der Waals surface area (Å²) in [6, 6.07) is 9.41. The van der Waals surface area contributed by atoms with E-state index in [1.807, 2.05) is 4.90 Å². The maximum absolute atomic E-state index is 13.5. The lowest BCUT2D eigenvalue weighted by molar-refractivity contribution is -0.384. The van der Waals surface area contributed by atoms with Gasteiger partial charge in [-0.05, 0) is 41.8 Å². The first-order valence-electron chi connectivity index (χ1n) is 8.00. The third kappa shape index (κ3) is 3.62. The summed E-state index contributed by atoms with van der Waals surface area (Å²) in [5, 5.41) is 20.7. The maximum Gasteiger partial charge on any atom is 0.292 e. The first kappa shape index (κ1) is 17.3. The molecule has 2 aromatic carbocycles. The Morgan fingerprint density at radius 2 is 2.16 bits per heavy atom. The Morgan fingerprint density at radius 3 is 2.84 bits per heavy atom. The standard InChI is InChI=1S/C18H19FN2O4/c1-12-8-14(3-4-15(12)19)18-10-20(6-7-25-18)17-9-13(11-22)2-5-16(17)21(23)24/h2-5,8-9,18,22H,6-7,10-11H2,1H3. The summed E-state index contributed by atoms with van der Waals surface area (Å²) in [5.74, 6) is -0.275. The van der Waals surface area contributed by atoms with Crippen LogP contribution in [0, 0.1) is 22.9 Å². The molecule has 0 saturated carbocycles. The van der Waals surface area contributed by atoms with Gasteiger partial charge in [-0.2, -0.15) is 0 Å². The van der Waals surface area contributed by atoms with Crippen LogP contribution in [0.4, 0.5) is 15.8 Å². The molecule has 25 heavy (non-hydrogen) atoms. The Balaban J connectivity index is 1.90. The van der Waals surface area contributed by atoms with Gasteiger partial charge in [-0.25, -0.2) is 4.39 Å². The Labute approximate surface area is 144 Å². The van der Waals surface area contributed by atoms with Crippen LogP contribution < -0.4 is 4.90 Å². The highest BCUT2D eigenvalue weighted by molar-refractivity contribution is 5.65. The number of hydrogen-bond donors (Lipinski definition) is 1. The predicted octanol–water partition coefficient (Wildman–Crippen LogP) is 3.11. The second kappa shape index (κ2) is 7.16. The van der Waals surface area contributed by atoms with Crippen LogP contribution in [0.15, 0.2) is 36.4 Å². The van der Waals surface area contributed by atoms with Crippen LogP contribution in [0.5, 0.6) is 0 Å². The summed E-state index contributed by atoms with van der Waals surface area (Å²) in [5.41, 5.74) is 2.44. The third-order valence-corrected chi connectivity index (χ3v) is 4.38. The van der Waals surface area contributed by atoms with Crippen molar-refractivity contribution < 1.29 is 19.2 Å². The largest absolute Gasteiger partial charge is 0.392 e. The van der Waals surface area contributed by atoms with Gasteiger partial charge >= 0.3 is 0 Å². The summed E-state index contributed by atoms with van der Waals surface area (Å²) >= 11 is 0. The van der Waals surface area contributed by atoms with E-state index in [0.29, 0.717) is 36.5 Å². The Hall–Kier alpha value is -2.51. The smallest absolute Gasteiger partial charge is 0.292 e. The van der Waals surface area contributed by atoms with Gasteiger partial charge < -0.3 is 14.7 Å². The normalized spacial score (nSPS) is 17.6. The number of hydrogen-bond acceptors (Lipinski definition) is 5. The van der Waals surface area contributed by atoms with Crippen molar-refractivity contribution in [3.8, 4) is 0 Å². The molecular weight excluding hydrogens is 327 g/mol. The van der Waals surface area contributed by atoms with Gasteiger partial charge in [0, 0.05) is 19.2 Å². The van der Waals surface area contributed by atoms with Crippen LogP contribution in [0.1, 0.15) is 22.8 Å². The molecule has 1 N–H and O–H groups in total. The van der Waals surface area contributed by atoms with Gasteiger partial charge in [0.25, 0.3) is 5.69 Å². The summed E-state index contributed by atoms with van der Waals surface area (Å²) in [6.45, 7) is 2.83. The molecule has 7 heteroatoms. The first-order chi connectivity index (χ1) is 12.0. The summed E-state index contributed by atoms with van der Waals surface area (Å²) in [4.78, 5) is 12.8. The van der Waals surface area contributed by atoms with Crippen molar-refractivity contribution in [1.82, 2.24) is 0 Å². The van der Waals surface area contributed by atoms with Crippen molar-refractivity contribution in [3.05, 3.63) is 69.0 Å². The van der Waals surface area contributed by atoms with Gasteiger partial charge in [0.15, 0.2) is 0 Å². The highest BCUT2D eigenvalue weighted by Crippen LogP contribution is 2.33. The molecule has 0 aromatic heterocycles. The lowest BCUT2D eigenvalue weighted by atomic mass is 10.0. The molecule has 0 radical (unpaired) electrons. The molecule has 0 aliphatic carbocycles. The Kier molecular flexibility index (Phi) is 4.96. The number of aryl methyl sites for hydroxylation is 1. The minimum atomic E-state index is -0.428. The number of aliphatic hydroxyl groups excluding tert-OH is 1. The monoisotopic (exact) mass is 346 g/mol.